The first-order valence-corrected chi connectivity index (χ1v) is 8.39. The molecule has 0 fully saturated rings. The second-order valence-corrected chi connectivity index (χ2v) is 5.97. The maximum absolute atomic E-state index is 12.1. The van der Waals surface area contributed by atoms with E-state index >= 15 is 0 Å². The number of para-hydroxylation sites is 1. The number of aliphatic carboxylic acids is 1. The summed E-state index contributed by atoms with van der Waals surface area (Å²) in [5, 5.41) is 14.8. The molecule has 0 unspecified atom stereocenters. The molecular formula is C20H19N2O5-. The Labute approximate surface area is 155 Å². The van der Waals surface area contributed by atoms with E-state index in [0.29, 0.717) is 11.5 Å². The number of hydrogen-bond acceptors (Lipinski definition) is 5. The number of nitrogens with one attached hydrogen (secondary N) is 2. The molecule has 27 heavy (non-hydrogen) atoms. The molecule has 3 aromatic rings. The Balaban J connectivity index is 1.60. The lowest BCUT2D eigenvalue weighted by Crippen LogP contribution is -2.50. The molecule has 1 amide bonds. The van der Waals surface area contributed by atoms with Crippen LogP contribution in [-0.4, -0.2) is 36.6 Å². The SMILES string of the molecule is COc1ccc(OCC(=O)N[C@@H](Cc2c[nH]c3ccccc23)C(=O)[O-])cc1. The zero-order valence-corrected chi connectivity index (χ0v) is 14.7. The van der Waals surface area contributed by atoms with Crippen molar-refractivity contribution in [1.29, 1.82) is 0 Å². The molecule has 0 aliphatic rings. The van der Waals surface area contributed by atoms with E-state index in [1.165, 1.54) is 0 Å². The minimum absolute atomic E-state index is 0.112. The van der Waals surface area contributed by atoms with Gasteiger partial charge in [0.1, 0.15) is 11.5 Å². The number of aromatic nitrogens is 1. The first-order valence-electron chi connectivity index (χ1n) is 8.39. The average molecular weight is 367 g/mol. The summed E-state index contributed by atoms with van der Waals surface area (Å²) in [4.78, 5) is 26.6. The first-order chi connectivity index (χ1) is 13.1. The smallest absolute Gasteiger partial charge is 0.258 e. The Morgan fingerprint density at radius 1 is 1.11 bits per heavy atom. The van der Waals surface area contributed by atoms with Crippen LogP contribution in [0.5, 0.6) is 11.5 Å². The lowest BCUT2D eigenvalue weighted by Gasteiger charge is -2.19. The number of hydrogen-bond donors (Lipinski definition) is 2. The molecule has 1 aromatic heterocycles. The molecule has 0 aliphatic carbocycles. The quantitative estimate of drug-likeness (QED) is 0.619. The van der Waals surface area contributed by atoms with Crippen LogP contribution in [0.4, 0.5) is 0 Å². The maximum atomic E-state index is 12.1. The van der Waals surface area contributed by atoms with Gasteiger partial charge in [-0.15, -0.1) is 0 Å². The van der Waals surface area contributed by atoms with Crippen molar-refractivity contribution in [2.75, 3.05) is 13.7 Å². The number of H-pyrrole nitrogens is 1. The van der Waals surface area contributed by atoms with Gasteiger partial charge < -0.3 is 29.7 Å². The highest BCUT2D eigenvalue weighted by Gasteiger charge is 2.16. The van der Waals surface area contributed by atoms with Crippen LogP contribution in [0, 0.1) is 0 Å². The Bertz CT molecular complexity index is 933. The molecule has 0 saturated carbocycles. The molecule has 7 heteroatoms. The molecule has 140 valence electrons. The third-order valence-electron chi connectivity index (χ3n) is 4.15. The highest BCUT2D eigenvalue weighted by atomic mass is 16.5. The number of carboxylic acids is 1. The van der Waals surface area contributed by atoms with Crippen molar-refractivity contribution in [2.45, 2.75) is 12.5 Å². The van der Waals surface area contributed by atoms with Crippen LogP contribution >= 0.6 is 0 Å². The van der Waals surface area contributed by atoms with Crippen LogP contribution in [0.3, 0.4) is 0 Å². The molecule has 0 spiro atoms. The van der Waals surface area contributed by atoms with Gasteiger partial charge in [0.05, 0.1) is 19.1 Å². The molecule has 7 nitrogen and oxygen atoms in total. The molecule has 1 heterocycles. The monoisotopic (exact) mass is 367 g/mol. The van der Waals surface area contributed by atoms with Gasteiger partial charge >= 0.3 is 0 Å². The van der Waals surface area contributed by atoms with E-state index in [-0.39, 0.29) is 13.0 Å². The molecule has 2 aromatic carbocycles. The number of amides is 1. The highest BCUT2D eigenvalue weighted by molar-refractivity contribution is 5.86. The molecule has 0 bridgehead atoms. The van der Waals surface area contributed by atoms with Gasteiger partial charge in [-0.2, -0.15) is 0 Å². The average Bonchev–Trinajstić information content (AvgIpc) is 3.09. The number of rotatable bonds is 8. The van der Waals surface area contributed by atoms with Crippen LogP contribution in [0.15, 0.2) is 54.7 Å². The molecule has 1 atom stereocenters. The minimum atomic E-state index is -1.35. The van der Waals surface area contributed by atoms with Gasteiger partial charge in [0, 0.05) is 23.5 Å². The Hall–Kier alpha value is -3.48. The predicted octanol–water partition coefficient (Wildman–Crippen LogP) is 1.03. The van der Waals surface area contributed by atoms with Crippen molar-refractivity contribution >= 4 is 22.8 Å². The van der Waals surface area contributed by atoms with E-state index in [1.54, 1.807) is 37.6 Å². The second-order valence-electron chi connectivity index (χ2n) is 5.97. The summed E-state index contributed by atoms with van der Waals surface area (Å²) >= 11 is 0. The van der Waals surface area contributed by atoms with E-state index < -0.39 is 17.9 Å². The summed E-state index contributed by atoms with van der Waals surface area (Å²) < 4.78 is 10.4. The third-order valence-corrected chi connectivity index (χ3v) is 4.15. The normalized spacial score (nSPS) is 11.7. The van der Waals surface area contributed by atoms with Crippen LogP contribution in [0.25, 0.3) is 10.9 Å². The van der Waals surface area contributed by atoms with Crippen molar-refractivity contribution in [2.24, 2.45) is 0 Å². The summed E-state index contributed by atoms with van der Waals surface area (Å²) in [7, 11) is 1.55. The van der Waals surface area contributed by atoms with Gasteiger partial charge in [-0.05, 0) is 35.9 Å². The van der Waals surface area contributed by atoms with Gasteiger partial charge in [0.15, 0.2) is 6.61 Å². The van der Waals surface area contributed by atoms with Gasteiger partial charge in [-0.25, -0.2) is 0 Å². The van der Waals surface area contributed by atoms with Gasteiger partial charge in [0.25, 0.3) is 5.91 Å². The number of carbonyl (C=O) groups is 2. The molecule has 0 saturated heterocycles. The fraction of sp³-hybridized carbons (Fsp3) is 0.200. The molecular weight excluding hydrogens is 348 g/mol. The maximum Gasteiger partial charge on any atom is 0.258 e. The molecule has 0 aliphatic heterocycles. The van der Waals surface area contributed by atoms with Gasteiger partial charge in [-0.1, -0.05) is 18.2 Å². The second kappa shape index (κ2) is 8.27. The number of carboxylic acid groups (broad SMARTS) is 1. The van der Waals surface area contributed by atoms with E-state index in [2.05, 4.69) is 10.3 Å². The fourth-order valence-corrected chi connectivity index (χ4v) is 2.77. The summed E-state index contributed by atoms with van der Waals surface area (Å²) in [5.74, 6) is -0.743. The number of benzene rings is 2. The number of fused-ring (bicyclic) bond motifs is 1. The molecule has 3 rings (SSSR count). The zero-order valence-electron chi connectivity index (χ0n) is 14.7. The van der Waals surface area contributed by atoms with E-state index in [9.17, 15) is 14.7 Å². The number of aromatic amines is 1. The minimum Gasteiger partial charge on any atom is -0.548 e. The third kappa shape index (κ3) is 4.58. The lowest BCUT2D eigenvalue weighted by atomic mass is 10.1. The largest absolute Gasteiger partial charge is 0.548 e. The van der Waals surface area contributed by atoms with Crippen molar-refractivity contribution in [3.8, 4) is 11.5 Å². The Morgan fingerprint density at radius 3 is 2.52 bits per heavy atom. The van der Waals surface area contributed by atoms with E-state index in [4.69, 9.17) is 9.47 Å². The van der Waals surface area contributed by atoms with Gasteiger partial charge in [0.2, 0.25) is 0 Å². The zero-order chi connectivity index (χ0) is 19.2. The van der Waals surface area contributed by atoms with Crippen molar-refractivity contribution in [3.05, 3.63) is 60.3 Å². The lowest BCUT2D eigenvalue weighted by molar-refractivity contribution is -0.308. The number of methoxy groups -OCH3 is 1. The van der Waals surface area contributed by atoms with Crippen molar-refractivity contribution < 1.29 is 24.2 Å². The fourth-order valence-electron chi connectivity index (χ4n) is 2.77. The van der Waals surface area contributed by atoms with Crippen LogP contribution < -0.4 is 19.9 Å². The summed E-state index contributed by atoms with van der Waals surface area (Å²) in [6, 6.07) is 13.1. The summed E-state index contributed by atoms with van der Waals surface area (Å²) in [5.41, 5.74) is 1.69. The van der Waals surface area contributed by atoms with E-state index in [0.717, 1.165) is 16.5 Å². The molecule has 2 N–H and O–H groups in total. The van der Waals surface area contributed by atoms with Crippen molar-refractivity contribution in [1.82, 2.24) is 10.3 Å². The van der Waals surface area contributed by atoms with Gasteiger partial charge in [-0.3, -0.25) is 4.79 Å². The van der Waals surface area contributed by atoms with Crippen LogP contribution in [0.2, 0.25) is 0 Å². The predicted molar refractivity (Wildman–Crippen MR) is 97.4 cm³/mol. The standard InChI is InChI=1S/C20H20N2O5/c1-26-14-6-8-15(9-7-14)27-12-19(23)22-18(20(24)25)10-13-11-21-17-5-3-2-4-16(13)17/h2-9,11,18,21H,10,12H2,1H3,(H,22,23)(H,24,25)/p-1/t18-/m0/s1. The summed E-state index contributed by atoms with van der Waals surface area (Å²) in [6.45, 7) is -0.302. The Morgan fingerprint density at radius 2 is 1.81 bits per heavy atom. The topological polar surface area (TPSA) is 103 Å². The highest BCUT2D eigenvalue weighted by Crippen LogP contribution is 2.19. The van der Waals surface area contributed by atoms with Crippen molar-refractivity contribution in [3.63, 3.8) is 0 Å². The first kappa shape index (κ1) is 18.3. The van der Waals surface area contributed by atoms with Crippen LogP contribution in [0.1, 0.15) is 5.56 Å². The number of ether oxygens (including phenoxy) is 2. The Kier molecular flexibility index (Phi) is 5.61. The van der Waals surface area contributed by atoms with Crippen LogP contribution in [-0.2, 0) is 16.0 Å². The van der Waals surface area contributed by atoms with E-state index in [1.807, 2.05) is 24.3 Å². The summed E-state index contributed by atoms with van der Waals surface area (Å²) in [6.07, 6.45) is 1.85. The number of carbonyl (C=O) groups excluding carboxylic acids is 2. The molecule has 0 radical (unpaired) electrons.